The van der Waals surface area contributed by atoms with Gasteiger partial charge in [-0.05, 0) is 35.4 Å². The van der Waals surface area contributed by atoms with Crippen LogP contribution in [0.4, 0.5) is 18.9 Å². The summed E-state index contributed by atoms with van der Waals surface area (Å²) in [6.45, 7) is 13.5. The number of halogens is 4. The summed E-state index contributed by atoms with van der Waals surface area (Å²) >= 11 is -0.370. The van der Waals surface area contributed by atoms with E-state index in [9.17, 15) is 23.3 Å². The average molecular weight is 601 g/mol. The van der Waals surface area contributed by atoms with Crippen molar-refractivity contribution in [2.24, 2.45) is 0 Å². The van der Waals surface area contributed by atoms with Gasteiger partial charge in [-0.3, -0.25) is 10.1 Å². The summed E-state index contributed by atoms with van der Waals surface area (Å²) < 4.78 is 61.6. The highest BCUT2D eigenvalue weighted by Gasteiger charge is 2.37. The number of nitro benzene ring substituents is 1. The number of nitrogens with zero attached hydrogens (tertiary/aromatic N) is 1. The zero-order chi connectivity index (χ0) is 25.7. The van der Waals surface area contributed by atoms with Crippen LogP contribution in [0.1, 0.15) is 76.0 Å². The van der Waals surface area contributed by atoms with Gasteiger partial charge in [-0.1, -0.05) is 53.7 Å². The molecule has 2 aromatic carbocycles. The van der Waals surface area contributed by atoms with Crippen molar-refractivity contribution in [3.8, 4) is 0 Å². The van der Waals surface area contributed by atoms with E-state index in [1.54, 1.807) is 12.1 Å². The molecule has 2 rings (SSSR count). The molecule has 0 amide bonds. The predicted octanol–water partition coefficient (Wildman–Crippen LogP) is 3.14. The number of rotatable bonds is 6. The first kappa shape index (κ1) is 29.3. The lowest BCUT2D eigenvalue weighted by Crippen LogP contribution is -3.62. The predicted molar refractivity (Wildman–Crippen MR) is 115 cm³/mol. The van der Waals surface area contributed by atoms with Crippen molar-refractivity contribution in [1.29, 1.82) is 0 Å². The lowest BCUT2D eigenvalue weighted by molar-refractivity contribution is -0.599. The Morgan fingerprint density at radius 3 is 1.55 bits per heavy atom. The molecule has 184 valence electrons. The molecule has 33 heavy (non-hydrogen) atoms. The van der Waals surface area contributed by atoms with Gasteiger partial charge in [0.15, 0.2) is 13.7 Å². The van der Waals surface area contributed by atoms with Gasteiger partial charge in [0.05, 0.1) is 4.92 Å². The van der Waals surface area contributed by atoms with Gasteiger partial charge in [-0.25, -0.2) is 8.42 Å². The van der Waals surface area contributed by atoms with Crippen LogP contribution < -0.4 is 21.2 Å². The van der Waals surface area contributed by atoms with Crippen molar-refractivity contribution in [3.05, 3.63) is 70.3 Å². The first-order valence-electron chi connectivity index (χ1n) is 10.0. The molecule has 0 saturated carbocycles. The molecule has 0 aromatic heterocycles. The van der Waals surface area contributed by atoms with Crippen molar-refractivity contribution in [2.45, 2.75) is 64.8 Å². The van der Waals surface area contributed by atoms with Gasteiger partial charge < -0.3 is 4.55 Å². The Bertz CT molecular complexity index is 1040. The highest BCUT2D eigenvalue weighted by Crippen LogP contribution is 2.27. The molecule has 0 radical (unpaired) electrons. The van der Waals surface area contributed by atoms with E-state index in [1.165, 1.54) is 23.8 Å². The topological polar surface area (TPSA) is 100 Å². The quantitative estimate of drug-likeness (QED) is 0.167. The average Bonchev–Trinajstić information content (AvgIpc) is 2.66. The van der Waals surface area contributed by atoms with E-state index >= 15 is 0 Å². The molecular formula is C22H27F3INO5S. The third-order valence-corrected chi connectivity index (χ3v) is 8.28. The summed E-state index contributed by atoms with van der Waals surface area (Å²) in [5, 5.41) is 10.9. The molecule has 0 heterocycles. The summed E-state index contributed by atoms with van der Waals surface area (Å²) in [5.74, 6) is 1.47. The smallest absolute Gasteiger partial charge is 0.485 e. The van der Waals surface area contributed by atoms with Gasteiger partial charge in [-0.2, -0.15) is 13.2 Å². The number of nitro groups is 1. The molecule has 2 aromatic rings. The Kier molecular flexibility index (Phi) is 10.3. The Balaban J connectivity index is 0.000000582. The minimum Gasteiger partial charge on any atom is -0.741 e. The minimum absolute atomic E-state index is 0.163. The summed E-state index contributed by atoms with van der Waals surface area (Å²) in [6, 6.07) is 11.9. The largest absolute Gasteiger partial charge is 0.741 e. The standard InChI is InChI=1S/C21H27INO2.CHF3O3S/c1-13(2)16-11-19(14(3)4)21(20(12-16)15(5)6)22-17-7-9-18(10-8-17)23(24)25;2-1(3,4)8(5,6)7/h7-15H,1-6H3;(H,5,6,7)/q+1;/p-1. The summed E-state index contributed by atoms with van der Waals surface area (Å²) in [4.78, 5) is 10.5. The van der Waals surface area contributed by atoms with Gasteiger partial charge >= 0.3 is 26.7 Å². The Labute approximate surface area is 202 Å². The van der Waals surface area contributed by atoms with Crippen LogP contribution in [0.15, 0.2) is 36.4 Å². The van der Waals surface area contributed by atoms with Crippen LogP contribution in [-0.4, -0.2) is 23.4 Å². The van der Waals surface area contributed by atoms with Crippen molar-refractivity contribution in [2.75, 3.05) is 0 Å². The normalized spacial score (nSPS) is 12.2. The van der Waals surface area contributed by atoms with Crippen molar-refractivity contribution in [3.63, 3.8) is 0 Å². The van der Waals surface area contributed by atoms with Crippen molar-refractivity contribution in [1.82, 2.24) is 0 Å². The van der Waals surface area contributed by atoms with Gasteiger partial charge in [0.1, 0.15) is 0 Å². The number of alkyl halides is 3. The Morgan fingerprint density at radius 2 is 1.27 bits per heavy atom. The summed E-state index contributed by atoms with van der Waals surface area (Å²) in [6.07, 6.45) is 0. The molecule has 0 aliphatic carbocycles. The van der Waals surface area contributed by atoms with E-state index in [4.69, 9.17) is 13.0 Å². The highest BCUT2D eigenvalue weighted by molar-refractivity contribution is 7.86. The van der Waals surface area contributed by atoms with E-state index in [0.29, 0.717) is 17.8 Å². The highest BCUT2D eigenvalue weighted by atomic mass is 127. The Hall–Kier alpha value is -1.73. The van der Waals surface area contributed by atoms with Gasteiger partial charge in [-0.15, -0.1) is 0 Å². The SMILES string of the molecule is CC(C)c1cc(C(C)C)c([I+]c2ccc([N+](=O)[O-])cc2)c(C(C)C)c1.O=S(=O)([O-])C(F)(F)F. The number of benzene rings is 2. The first-order chi connectivity index (χ1) is 15.0. The van der Waals surface area contributed by atoms with E-state index < -0.39 is 15.6 Å². The summed E-state index contributed by atoms with van der Waals surface area (Å²) in [7, 11) is -6.09. The zero-order valence-corrected chi connectivity index (χ0v) is 22.1. The second-order valence-corrected chi connectivity index (χ2v) is 12.4. The van der Waals surface area contributed by atoms with Crippen molar-refractivity contribution >= 4 is 15.8 Å². The summed E-state index contributed by atoms with van der Waals surface area (Å²) in [5.41, 5.74) is -1.19. The van der Waals surface area contributed by atoms with E-state index in [0.717, 1.165) is 0 Å². The molecule has 0 fully saturated rings. The maximum atomic E-state index is 10.9. The molecule has 0 unspecified atom stereocenters. The Morgan fingerprint density at radius 1 is 0.879 bits per heavy atom. The maximum absolute atomic E-state index is 10.9. The van der Waals surface area contributed by atoms with E-state index in [1.807, 2.05) is 12.1 Å². The third kappa shape index (κ3) is 8.53. The fraction of sp³-hybridized carbons (Fsp3) is 0.455. The van der Waals surface area contributed by atoms with Crippen LogP contribution in [0.5, 0.6) is 0 Å². The van der Waals surface area contributed by atoms with Gasteiger partial charge in [0.2, 0.25) is 3.57 Å². The molecule has 0 saturated heterocycles. The van der Waals surface area contributed by atoms with Gasteiger partial charge in [0, 0.05) is 23.3 Å². The molecule has 0 N–H and O–H groups in total. The fourth-order valence-corrected chi connectivity index (χ4v) is 6.23. The lowest BCUT2D eigenvalue weighted by Gasteiger charge is -2.17. The van der Waals surface area contributed by atoms with E-state index in [2.05, 4.69) is 53.7 Å². The third-order valence-electron chi connectivity index (χ3n) is 4.59. The number of hydrogen-bond donors (Lipinski definition) is 0. The molecular weight excluding hydrogens is 574 g/mol. The van der Waals surface area contributed by atoms with Crippen molar-refractivity contribution < 1.29 is 52.3 Å². The molecule has 0 spiro atoms. The van der Waals surface area contributed by atoms with Gasteiger partial charge in [0.25, 0.3) is 5.69 Å². The zero-order valence-electron chi connectivity index (χ0n) is 19.1. The number of hydrogen-bond acceptors (Lipinski definition) is 5. The van der Waals surface area contributed by atoms with Crippen LogP contribution in [0, 0.1) is 17.3 Å². The molecule has 0 aliphatic rings. The molecule has 0 bridgehead atoms. The minimum atomic E-state index is -6.09. The van der Waals surface area contributed by atoms with E-state index in [-0.39, 0.29) is 31.8 Å². The van der Waals surface area contributed by atoms with Crippen LogP contribution in [0.2, 0.25) is 0 Å². The first-order valence-corrected chi connectivity index (χ1v) is 13.6. The maximum Gasteiger partial charge on any atom is 0.485 e. The number of non-ortho nitro benzene ring substituents is 1. The second-order valence-electron chi connectivity index (χ2n) is 8.21. The molecule has 0 atom stereocenters. The second kappa shape index (κ2) is 11.6. The molecule has 6 nitrogen and oxygen atoms in total. The van der Waals surface area contributed by atoms with Crippen LogP contribution in [0.25, 0.3) is 0 Å². The van der Waals surface area contributed by atoms with Crippen LogP contribution in [0.3, 0.4) is 0 Å². The monoisotopic (exact) mass is 601 g/mol. The fourth-order valence-electron chi connectivity index (χ4n) is 2.71. The molecule has 11 heteroatoms. The lowest BCUT2D eigenvalue weighted by atomic mass is 9.90. The molecule has 0 aliphatic heterocycles. The van der Waals surface area contributed by atoms with Crippen LogP contribution >= 0.6 is 0 Å². The van der Waals surface area contributed by atoms with Crippen LogP contribution in [-0.2, 0) is 10.1 Å².